The maximum Gasteiger partial charge on any atom is 0.417 e. The van der Waals surface area contributed by atoms with Gasteiger partial charge in [0.05, 0.1) is 10.4 Å². The first kappa shape index (κ1) is 14.1. The molecule has 0 saturated heterocycles. The van der Waals surface area contributed by atoms with Crippen molar-refractivity contribution in [2.75, 3.05) is 0 Å². The van der Waals surface area contributed by atoms with E-state index in [0.29, 0.717) is 5.56 Å². The summed E-state index contributed by atoms with van der Waals surface area (Å²) < 4.78 is 38.4. The second-order valence-corrected chi connectivity index (χ2v) is 6.36. The van der Waals surface area contributed by atoms with Gasteiger partial charge in [-0.25, -0.2) is 0 Å². The second kappa shape index (κ2) is 5.35. The van der Waals surface area contributed by atoms with Gasteiger partial charge in [-0.05, 0) is 29.1 Å². The molecule has 0 aliphatic rings. The van der Waals surface area contributed by atoms with Crippen LogP contribution in [0.15, 0.2) is 40.2 Å². The SMILES string of the molecule is FC(F)(F)c1cc(C(Br)c2cccs2)ccc1Br. The van der Waals surface area contributed by atoms with Crippen molar-refractivity contribution in [3.8, 4) is 0 Å². The van der Waals surface area contributed by atoms with Crippen molar-refractivity contribution < 1.29 is 13.2 Å². The molecule has 0 nitrogen and oxygen atoms in total. The van der Waals surface area contributed by atoms with Gasteiger partial charge in [0.25, 0.3) is 0 Å². The van der Waals surface area contributed by atoms with Crippen LogP contribution in [-0.2, 0) is 6.18 Å². The minimum absolute atomic E-state index is 0.0598. The van der Waals surface area contributed by atoms with E-state index in [2.05, 4.69) is 31.9 Å². The Morgan fingerprint density at radius 3 is 2.44 bits per heavy atom. The van der Waals surface area contributed by atoms with Crippen molar-refractivity contribution in [1.82, 2.24) is 0 Å². The van der Waals surface area contributed by atoms with Crippen molar-refractivity contribution in [3.05, 3.63) is 56.2 Å². The molecule has 18 heavy (non-hydrogen) atoms. The summed E-state index contributed by atoms with van der Waals surface area (Å²) in [5.74, 6) is 0. The number of thiophene rings is 1. The van der Waals surface area contributed by atoms with E-state index in [1.54, 1.807) is 6.07 Å². The van der Waals surface area contributed by atoms with E-state index in [1.165, 1.54) is 23.5 Å². The van der Waals surface area contributed by atoms with Crippen LogP contribution in [0.2, 0.25) is 0 Å². The number of hydrogen-bond acceptors (Lipinski definition) is 1. The van der Waals surface area contributed by atoms with E-state index in [1.807, 2.05) is 17.5 Å². The minimum Gasteiger partial charge on any atom is -0.166 e. The fourth-order valence-electron chi connectivity index (χ4n) is 1.52. The molecule has 0 aliphatic heterocycles. The van der Waals surface area contributed by atoms with Crippen LogP contribution in [0.1, 0.15) is 20.8 Å². The standard InChI is InChI=1S/C12H7Br2F3S/c13-9-4-3-7(6-8(9)12(15,16)17)11(14)10-2-1-5-18-10/h1-6,11H. The third-order valence-electron chi connectivity index (χ3n) is 2.38. The molecular weight excluding hydrogens is 393 g/mol. The van der Waals surface area contributed by atoms with Gasteiger partial charge < -0.3 is 0 Å². The number of benzene rings is 1. The molecule has 0 aliphatic carbocycles. The lowest BCUT2D eigenvalue weighted by atomic mass is 10.1. The molecule has 0 bridgehead atoms. The summed E-state index contributed by atoms with van der Waals surface area (Å²) in [5, 5.41) is 1.90. The Kier molecular flexibility index (Phi) is 4.18. The largest absolute Gasteiger partial charge is 0.417 e. The van der Waals surface area contributed by atoms with E-state index in [9.17, 15) is 13.2 Å². The predicted octanol–water partition coefficient (Wildman–Crippen LogP) is 6.01. The zero-order valence-corrected chi connectivity index (χ0v) is 12.8. The molecule has 2 aromatic rings. The molecule has 1 heterocycles. The van der Waals surface area contributed by atoms with Crippen LogP contribution in [-0.4, -0.2) is 0 Å². The molecule has 0 N–H and O–H groups in total. The summed E-state index contributed by atoms with van der Waals surface area (Å²) in [7, 11) is 0. The lowest BCUT2D eigenvalue weighted by molar-refractivity contribution is -0.138. The van der Waals surface area contributed by atoms with Crippen LogP contribution in [0.4, 0.5) is 13.2 Å². The molecular formula is C12H7Br2F3S. The van der Waals surface area contributed by atoms with Gasteiger partial charge in [0.1, 0.15) is 0 Å². The Morgan fingerprint density at radius 1 is 1.17 bits per heavy atom. The van der Waals surface area contributed by atoms with Crippen LogP contribution < -0.4 is 0 Å². The highest BCUT2D eigenvalue weighted by Gasteiger charge is 2.33. The first-order chi connectivity index (χ1) is 8.39. The first-order valence-corrected chi connectivity index (χ1v) is 7.52. The summed E-state index contributed by atoms with van der Waals surface area (Å²) in [6.07, 6.45) is -4.35. The zero-order valence-electron chi connectivity index (χ0n) is 8.84. The number of rotatable bonds is 2. The van der Waals surface area contributed by atoms with Crippen molar-refractivity contribution in [2.45, 2.75) is 11.0 Å². The Labute approximate surface area is 123 Å². The first-order valence-electron chi connectivity index (χ1n) is 4.93. The van der Waals surface area contributed by atoms with Crippen LogP contribution in [0.25, 0.3) is 0 Å². The molecule has 6 heteroatoms. The van der Waals surface area contributed by atoms with Crippen LogP contribution in [0.5, 0.6) is 0 Å². The van der Waals surface area contributed by atoms with Gasteiger partial charge in [-0.3, -0.25) is 0 Å². The lowest BCUT2D eigenvalue weighted by Gasteiger charge is -2.13. The zero-order chi connectivity index (χ0) is 13.3. The van der Waals surface area contributed by atoms with Crippen LogP contribution >= 0.6 is 43.2 Å². The van der Waals surface area contributed by atoms with E-state index >= 15 is 0 Å². The van der Waals surface area contributed by atoms with Gasteiger partial charge in [-0.2, -0.15) is 13.2 Å². The Hall–Kier alpha value is -0.330. The Morgan fingerprint density at radius 2 is 1.89 bits per heavy atom. The van der Waals surface area contributed by atoms with Gasteiger partial charge >= 0.3 is 6.18 Å². The number of halogens is 5. The summed E-state index contributed by atoms with van der Waals surface area (Å²) in [6, 6.07) is 8.04. The normalized spacial score (nSPS) is 13.6. The summed E-state index contributed by atoms with van der Waals surface area (Å²) in [6.45, 7) is 0. The van der Waals surface area contributed by atoms with Gasteiger partial charge in [-0.15, -0.1) is 11.3 Å². The van der Waals surface area contributed by atoms with E-state index in [0.717, 1.165) is 4.88 Å². The average molecular weight is 400 g/mol. The van der Waals surface area contributed by atoms with Crippen molar-refractivity contribution in [2.24, 2.45) is 0 Å². The molecule has 0 amide bonds. The fourth-order valence-corrected chi connectivity index (χ4v) is 3.48. The fraction of sp³-hybridized carbons (Fsp3) is 0.167. The molecule has 0 saturated carbocycles. The highest BCUT2D eigenvalue weighted by molar-refractivity contribution is 9.10. The summed E-state index contributed by atoms with van der Waals surface area (Å²) in [4.78, 5) is 0.761. The molecule has 0 fully saturated rings. The van der Waals surface area contributed by atoms with Gasteiger partial charge in [-0.1, -0.05) is 44.0 Å². The molecule has 96 valence electrons. The maximum absolute atomic E-state index is 12.8. The molecule has 1 aromatic heterocycles. The lowest BCUT2D eigenvalue weighted by Crippen LogP contribution is -2.07. The van der Waals surface area contributed by atoms with E-state index in [4.69, 9.17) is 0 Å². The maximum atomic E-state index is 12.8. The van der Waals surface area contributed by atoms with Gasteiger partial charge in [0.15, 0.2) is 0 Å². The number of alkyl halides is 4. The molecule has 1 unspecified atom stereocenters. The monoisotopic (exact) mass is 398 g/mol. The predicted molar refractivity (Wildman–Crippen MR) is 74.2 cm³/mol. The summed E-state index contributed by atoms with van der Waals surface area (Å²) >= 11 is 7.86. The molecule has 1 atom stereocenters. The molecule has 0 spiro atoms. The third-order valence-corrected chi connectivity index (χ3v) is 5.34. The topological polar surface area (TPSA) is 0 Å². The average Bonchev–Trinajstić information content (AvgIpc) is 2.80. The van der Waals surface area contributed by atoms with Crippen LogP contribution in [0, 0.1) is 0 Å². The van der Waals surface area contributed by atoms with Crippen LogP contribution in [0.3, 0.4) is 0 Å². The van der Waals surface area contributed by atoms with Crippen molar-refractivity contribution in [1.29, 1.82) is 0 Å². The second-order valence-electron chi connectivity index (χ2n) is 3.62. The van der Waals surface area contributed by atoms with Gasteiger partial charge in [0.2, 0.25) is 0 Å². The number of hydrogen-bond donors (Lipinski definition) is 0. The summed E-state index contributed by atoms with van der Waals surface area (Å²) in [5.41, 5.74) is -0.0611. The third kappa shape index (κ3) is 2.97. The van der Waals surface area contributed by atoms with Crippen molar-refractivity contribution >= 4 is 43.2 Å². The smallest absolute Gasteiger partial charge is 0.166 e. The molecule has 2 rings (SSSR count). The Balaban J connectivity index is 2.42. The molecule has 0 radical (unpaired) electrons. The Bertz CT molecular complexity index is 535. The minimum atomic E-state index is -4.35. The van der Waals surface area contributed by atoms with Crippen molar-refractivity contribution in [3.63, 3.8) is 0 Å². The molecule has 1 aromatic carbocycles. The highest BCUT2D eigenvalue weighted by atomic mass is 79.9. The van der Waals surface area contributed by atoms with Gasteiger partial charge in [0, 0.05) is 9.35 Å². The van der Waals surface area contributed by atoms with E-state index in [-0.39, 0.29) is 9.30 Å². The van der Waals surface area contributed by atoms with E-state index < -0.39 is 11.7 Å². The highest BCUT2D eigenvalue weighted by Crippen LogP contribution is 2.40. The quantitative estimate of drug-likeness (QED) is 0.542.